The van der Waals surface area contributed by atoms with Crippen molar-refractivity contribution in [3.05, 3.63) is 83.1 Å². The number of rotatable bonds is 7. The Bertz CT molecular complexity index is 1630. The number of likely N-dealkylation sites (tertiary alicyclic amines) is 1. The number of nitriles is 1. The van der Waals surface area contributed by atoms with Crippen LogP contribution in [0.25, 0.3) is 16.9 Å². The Labute approximate surface area is 225 Å². The fourth-order valence-corrected chi connectivity index (χ4v) is 4.94. The van der Waals surface area contributed by atoms with Crippen LogP contribution in [0.15, 0.2) is 77.4 Å². The minimum atomic E-state index is -0.341. The normalized spacial score (nSPS) is 15.6. The number of carbonyl (C=O) groups excluding carboxylic acids is 1. The average Bonchev–Trinajstić information content (AvgIpc) is 3.51. The van der Waals surface area contributed by atoms with Gasteiger partial charge in [0.15, 0.2) is 11.5 Å². The van der Waals surface area contributed by atoms with Crippen LogP contribution in [0.1, 0.15) is 26.7 Å². The first-order chi connectivity index (χ1) is 18.9. The Morgan fingerprint density at radius 3 is 2.56 bits per heavy atom. The molecule has 0 bridgehead atoms. The number of anilines is 1. The maximum Gasteiger partial charge on any atom is 0.335 e. The Hall–Kier alpha value is -4.91. The first-order valence-electron chi connectivity index (χ1n) is 12.8. The zero-order chi connectivity index (χ0) is 27.5. The second-order valence-electron chi connectivity index (χ2n) is 9.80. The minimum absolute atomic E-state index is 0.0643. The van der Waals surface area contributed by atoms with E-state index in [0.717, 1.165) is 6.42 Å². The molecule has 10 heteroatoms. The number of carbonyl (C=O) groups is 1. The van der Waals surface area contributed by atoms with Crippen molar-refractivity contribution in [2.24, 2.45) is 5.92 Å². The molecule has 0 aliphatic carbocycles. The van der Waals surface area contributed by atoms with Crippen molar-refractivity contribution in [3.8, 4) is 23.3 Å². The number of fused-ring (bicyclic) bond motifs is 1. The Kier molecular flexibility index (Phi) is 7.14. The number of ether oxygens (including phenoxy) is 1. The van der Waals surface area contributed by atoms with E-state index in [1.165, 1.54) is 15.5 Å². The highest BCUT2D eigenvalue weighted by atomic mass is 16.5. The van der Waals surface area contributed by atoms with Gasteiger partial charge in [-0.1, -0.05) is 38.1 Å². The number of hydrogen-bond donors (Lipinski definition) is 1. The molecule has 1 unspecified atom stereocenters. The molecular formula is C29H29N7O3. The summed E-state index contributed by atoms with van der Waals surface area (Å²) in [5.74, 6) is 1.25. The molecule has 4 aromatic rings. The smallest absolute Gasteiger partial charge is 0.335 e. The predicted octanol–water partition coefficient (Wildman–Crippen LogP) is 4.05. The largest absolute Gasteiger partial charge is 0.457 e. The highest BCUT2D eigenvalue weighted by Gasteiger charge is 2.32. The summed E-state index contributed by atoms with van der Waals surface area (Å²) < 4.78 is 8.91. The molecule has 0 radical (unpaired) electrons. The van der Waals surface area contributed by atoms with E-state index in [4.69, 9.17) is 10.5 Å². The number of allylic oxidation sites excluding steroid dienone is 1. The van der Waals surface area contributed by atoms with Gasteiger partial charge in [0.25, 0.3) is 5.91 Å². The average molecular weight is 524 g/mol. The van der Waals surface area contributed by atoms with Gasteiger partial charge in [-0.15, -0.1) is 0 Å². The summed E-state index contributed by atoms with van der Waals surface area (Å²) in [5, 5.41) is 9.57. The maximum atomic E-state index is 13.8. The topological polar surface area (TPSA) is 132 Å². The van der Waals surface area contributed by atoms with Crippen LogP contribution in [-0.4, -0.2) is 42.5 Å². The lowest BCUT2D eigenvalue weighted by molar-refractivity contribution is -0.127. The Balaban J connectivity index is 1.49. The standard InChI is InChI=1S/C29H29N7O3/c1-19(2)15-20(16-30)28(37)34-14-6-7-22(34)17-35-27-25(26(31)32-18-33-27)36(29(35)38)21-10-12-24(13-11-21)39-23-8-4-3-5-9-23/h3-5,8-13,15,18-19,22H,6-7,14,17H2,1-2H3,(H2,31,32,33). The molecule has 1 saturated heterocycles. The molecule has 5 rings (SSSR count). The van der Waals surface area contributed by atoms with Crippen molar-refractivity contribution in [2.45, 2.75) is 39.3 Å². The summed E-state index contributed by atoms with van der Waals surface area (Å²) in [4.78, 5) is 37.2. The third-order valence-corrected chi connectivity index (χ3v) is 6.69. The number of benzene rings is 2. The molecule has 198 valence electrons. The quantitative estimate of drug-likeness (QED) is 0.285. The number of nitrogens with two attached hydrogens (primary N) is 1. The van der Waals surface area contributed by atoms with Crippen molar-refractivity contribution in [1.82, 2.24) is 24.0 Å². The van der Waals surface area contributed by atoms with E-state index in [1.54, 1.807) is 35.2 Å². The van der Waals surface area contributed by atoms with Crippen LogP contribution in [0.4, 0.5) is 5.82 Å². The lowest BCUT2D eigenvalue weighted by atomic mass is 10.1. The van der Waals surface area contributed by atoms with Crippen molar-refractivity contribution in [1.29, 1.82) is 5.26 Å². The zero-order valence-corrected chi connectivity index (χ0v) is 21.8. The monoisotopic (exact) mass is 523 g/mol. The summed E-state index contributed by atoms with van der Waals surface area (Å²) >= 11 is 0. The van der Waals surface area contributed by atoms with Crippen molar-refractivity contribution >= 4 is 22.9 Å². The lowest BCUT2D eigenvalue weighted by Crippen LogP contribution is -2.40. The third-order valence-electron chi connectivity index (χ3n) is 6.69. The molecule has 10 nitrogen and oxygen atoms in total. The number of imidazole rings is 1. The molecule has 2 aromatic heterocycles. The SMILES string of the molecule is CC(C)C=C(C#N)C(=O)N1CCCC1Cn1c(=O)n(-c2ccc(Oc3ccccc3)cc2)c2c(N)ncnc21. The number of nitrogens with zero attached hydrogens (tertiary/aromatic N) is 6. The molecule has 1 atom stereocenters. The first-order valence-corrected chi connectivity index (χ1v) is 12.8. The molecule has 2 aromatic carbocycles. The van der Waals surface area contributed by atoms with Crippen LogP contribution >= 0.6 is 0 Å². The fourth-order valence-electron chi connectivity index (χ4n) is 4.94. The van der Waals surface area contributed by atoms with Crippen LogP contribution in [0, 0.1) is 17.2 Å². The summed E-state index contributed by atoms with van der Waals surface area (Å²) in [7, 11) is 0. The summed E-state index contributed by atoms with van der Waals surface area (Å²) in [6, 6.07) is 18.3. The van der Waals surface area contributed by atoms with Crippen LogP contribution in [0.5, 0.6) is 11.5 Å². The van der Waals surface area contributed by atoms with E-state index in [9.17, 15) is 14.9 Å². The molecule has 1 fully saturated rings. The summed E-state index contributed by atoms with van der Waals surface area (Å²) in [6.45, 7) is 4.59. The number of amides is 1. The van der Waals surface area contributed by atoms with Gasteiger partial charge in [0.2, 0.25) is 0 Å². The van der Waals surface area contributed by atoms with Crippen LogP contribution < -0.4 is 16.2 Å². The molecule has 3 heterocycles. The van der Waals surface area contributed by atoms with Gasteiger partial charge < -0.3 is 15.4 Å². The van der Waals surface area contributed by atoms with Gasteiger partial charge >= 0.3 is 5.69 Å². The molecule has 0 saturated carbocycles. The number of aromatic nitrogens is 4. The van der Waals surface area contributed by atoms with Gasteiger partial charge in [-0.2, -0.15) is 5.26 Å². The van der Waals surface area contributed by atoms with Gasteiger partial charge in [0.1, 0.15) is 35.0 Å². The van der Waals surface area contributed by atoms with E-state index < -0.39 is 0 Å². The number of nitrogen functional groups attached to an aromatic ring is 1. The number of para-hydroxylation sites is 1. The second-order valence-corrected chi connectivity index (χ2v) is 9.80. The van der Waals surface area contributed by atoms with Crippen molar-refractivity contribution in [3.63, 3.8) is 0 Å². The molecule has 2 N–H and O–H groups in total. The van der Waals surface area contributed by atoms with E-state index in [2.05, 4.69) is 9.97 Å². The van der Waals surface area contributed by atoms with E-state index in [0.29, 0.717) is 41.3 Å². The highest BCUT2D eigenvalue weighted by molar-refractivity contribution is 5.97. The second kappa shape index (κ2) is 10.8. The van der Waals surface area contributed by atoms with E-state index in [1.807, 2.05) is 50.2 Å². The molecule has 0 spiro atoms. The third kappa shape index (κ3) is 5.11. The van der Waals surface area contributed by atoms with Crippen molar-refractivity contribution < 1.29 is 9.53 Å². The van der Waals surface area contributed by atoms with Gasteiger partial charge in [-0.25, -0.2) is 14.8 Å². The highest BCUT2D eigenvalue weighted by Crippen LogP contribution is 2.27. The van der Waals surface area contributed by atoms with Crippen LogP contribution in [0.2, 0.25) is 0 Å². The minimum Gasteiger partial charge on any atom is -0.457 e. The summed E-state index contributed by atoms with van der Waals surface area (Å²) in [6.07, 6.45) is 4.49. The predicted molar refractivity (Wildman–Crippen MR) is 147 cm³/mol. The van der Waals surface area contributed by atoms with E-state index in [-0.39, 0.29) is 41.5 Å². The van der Waals surface area contributed by atoms with Crippen molar-refractivity contribution in [2.75, 3.05) is 12.3 Å². The Morgan fingerprint density at radius 1 is 1.15 bits per heavy atom. The lowest BCUT2D eigenvalue weighted by Gasteiger charge is -2.24. The van der Waals surface area contributed by atoms with Crippen LogP contribution in [-0.2, 0) is 11.3 Å². The Morgan fingerprint density at radius 2 is 1.87 bits per heavy atom. The fraction of sp³-hybridized carbons (Fsp3) is 0.276. The van der Waals surface area contributed by atoms with Gasteiger partial charge in [-0.05, 0) is 55.2 Å². The summed E-state index contributed by atoms with van der Waals surface area (Å²) in [5.41, 5.74) is 7.38. The van der Waals surface area contributed by atoms with Gasteiger partial charge in [0, 0.05) is 13.1 Å². The number of hydrogen-bond acceptors (Lipinski definition) is 7. The molecule has 1 aliphatic heterocycles. The molecule has 1 amide bonds. The molecular weight excluding hydrogens is 494 g/mol. The van der Waals surface area contributed by atoms with E-state index >= 15 is 0 Å². The van der Waals surface area contributed by atoms with Crippen LogP contribution in [0.3, 0.4) is 0 Å². The maximum absolute atomic E-state index is 13.8. The van der Waals surface area contributed by atoms with Gasteiger partial charge in [0.05, 0.1) is 11.7 Å². The zero-order valence-electron chi connectivity index (χ0n) is 21.8. The molecule has 1 aliphatic rings. The van der Waals surface area contributed by atoms with Gasteiger partial charge in [-0.3, -0.25) is 13.9 Å². The first kappa shape index (κ1) is 25.7. The molecule has 39 heavy (non-hydrogen) atoms.